The summed E-state index contributed by atoms with van der Waals surface area (Å²) in [6.07, 6.45) is 0. The summed E-state index contributed by atoms with van der Waals surface area (Å²) in [6.45, 7) is 2.92. The highest BCUT2D eigenvalue weighted by molar-refractivity contribution is 6.46. The number of carbonyl (C=O) groups is 2. The lowest BCUT2D eigenvalue weighted by atomic mass is 10.0. The van der Waals surface area contributed by atoms with Crippen LogP contribution in [0.25, 0.3) is 5.57 Å². The molecule has 5 rings (SSSR count). The first kappa shape index (κ1) is 20.6. The van der Waals surface area contributed by atoms with E-state index in [2.05, 4.69) is 5.32 Å². The highest BCUT2D eigenvalue weighted by atomic mass is 16.6. The van der Waals surface area contributed by atoms with Crippen LogP contribution in [-0.4, -0.2) is 32.1 Å². The summed E-state index contributed by atoms with van der Waals surface area (Å²) in [7, 11) is 1.56. The molecule has 0 aliphatic carbocycles. The number of imide groups is 1. The molecule has 2 aliphatic heterocycles. The van der Waals surface area contributed by atoms with E-state index in [1.54, 1.807) is 49.6 Å². The third-order valence-electron chi connectivity index (χ3n) is 5.57. The van der Waals surface area contributed by atoms with Gasteiger partial charge >= 0.3 is 0 Å². The molecule has 0 aromatic heterocycles. The minimum Gasteiger partial charge on any atom is -0.497 e. The Morgan fingerprint density at radius 2 is 1.55 bits per heavy atom. The highest BCUT2D eigenvalue weighted by Crippen LogP contribution is 2.37. The van der Waals surface area contributed by atoms with E-state index in [0.29, 0.717) is 53.0 Å². The van der Waals surface area contributed by atoms with Crippen LogP contribution in [0.15, 0.2) is 72.4 Å². The van der Waals surface area contributed by atoms with E-state index in [1.165, 1.54) is 4.90 Å². The predicted octanol–water partition coefficient (Wildman–Crippen LogP) is 4.17. The maximum atomic E-state index is 13.5. The molecule has 2 heterocycles. The summed E-state index contributed by atoms with van der Waals surface area (Å²) in [5.74, 6) is 1.05. The monoisotopic (exact) mass is 442 g/mol. The summed E-state index contributed by atoms with van der Waals surface area (Å²) >= 11 is 0. The molecule has 1 N–H and O–H groups in total. The highest BCUT2D eigenvalue weighted by Gasteiger charge is 2.40. The van der Waals surface area contributed by atoms with E-state index in [9.17, 15) is 9.59 Å². The fraction of sp³-hybridized carbons (Fsp3) is 0.154. The van der Waals surface area contributed by atoms with Crippen molar-refractivity contribution < 1.29 is 23.8 Å². The Balaban J connectivity index is 1.56. The van der Waals surface area contributed by atoms with Gasteiger partial charge in [-0.05, 0) is 48.9 Å². The molecule has 0 radical (unpaired) electrons. The third-order valence-corrected chi connectivity index (χ3v) is 5.57. The van der Waals surface area contributed by atoms with Gasteiger partial charge in [0.25, 0.3) is 11.8 Å². The van der Waals surface area contributed by atoms with Crippen LogP contribution in [0, 0.1) is 6.92 Å². The SMILES string of the molecule is COc1ccc(N2C(=O)C(Nc3ccc4c(c3)OCCO4)=C(c3ccc(C)cc3)C2=O)cc1. The summed E-state index contributed by atoms with van der Waals surface area (Å²) in [6, 6.07) is 19.7. The van der Waals surface area contributed by atoms with Gasteiger partial charge < -0.3 is 19.5 Å². The molecule has 3 aromatic rings. The van der Waals surface area contributed by atoms with Crippen LogP contribution in [0.2, 0.25) is 0 Å². The molecule has 2 aliphatic rings. The van der Waals surface area contributed by atoms with Crippen LogP contribution in [0.4, 0.5) is 11.4 Å². The topological polar surface area (TPSA) is 77.1 Å². The second-order valence-corrected chi connectivity index (χ2v) is 7.74. The van der Waals surface area contributed by atoms with Crippen LogP contribution in [0.5, 0.6) is 17.2 Å². The lowest BCUT2D eigenvalue weighted by molar-refractivity contribution is -0.120. The lowest BCUT2D eigenvalue weighted by Crippen LogP contribution is -2.32. The van der Waals surface area contributed by atoms with Crippen molar-refractivity contribution in [3.8, 4) is 17.2 Å². The standard InChI is InChI=1S/C26H22N2O5/c1-16-3-5-17(6-4-16)23-24(27-18-7-12-21-22(15-18)33-14-13-32-21)26(30)28(25(23)29)19-8-10-20(31-2)11-9-19/h3-12,15,27H,13-14H2,1-2H3. The largest absolute Gasteiger partial charge is 0.497 e. The number of anilines is 2. The van der Waals surface area contributed by atoms with Gasteiger partial charge in [0.1, 0.15) is 24.7 Å². The van der Waals surface area contributed by atoms with Gasteiger partial charge in [-0.1, -0.05) is 29.8 Å². The first-order valence-electron chi connectivity index (χ1n) is 10.6. The molecule has 0 unspecified atom stereocenters. The molecular weight excluding hydrogens is 420 g/mol. The van der Waals surface area contributed by atoms with Gasteiger partial charge in [0.2, 0.25) is 0 Å². The molecule has 0 bridgehead atoms. The number of fused-ring (bicyclic) bond motifs is 1. The molecule has 7 nitrogen and oxygen atoms in total. The Morgan fingerprint density at radius 3 is 2.24 bits per heavy atom. The Bertz CT molecular complexity index is 1260. The van der Waals surface area contributed by atoms with Crippen molar-refractivity contribution in [3.05, 3.63) is 83.6 Å². The number of amides is 2. The van der Waals surface area contributed by atoms with Gasteiger partial charge in [0.05, 0.1) is 18.4 Å². The molecule has 7 heteroatoms. The predicted molar refractivity (Wildman–Crippen MR) is 125 cm³/mol. The van der Waals surface area contributed by atoms with E-state index < -0.39 is 11.8 Å². The maximum absolute atomic E-state index is 13.5. The molecule has 33 heavy (non-hydrogen) atoms. The maximum Gasteiger partial charge on any atom is 0.282 e. The van der Waals surface area contributed by atoms with Crippen LogP contribution >= 0.6 is 0 Å². The summed E-state index contributed by atoms with van der Waals surface area (Å²) in [4.78, 5) is 28.2. The van der Waals surface area contributed by atoms with Gasteiger partial charge in [0.15, 0.2) is 11.5 Å². The van der Waals surface area contributed by atoms with Gasteiger partial charge in [-0.25, -0.2) is 4.90 Å². The van der Waals surface area contributed by atoms with E-state index >= 15 is 0 Å². The molecule has 2 amide bonds. The number of aryl methyl sites for hydroxylation is 1. The average Bonchev–Trinajstić information content (AvgIpc) is 3.09. The molecular formula is C26H22N2O5. The molecule has 166 valence electrons. The molecule has 0 saturated carbocycles. The van der Waals surface area contributed by atoms with Crippen molar-refractivity contribution in [1.82, 2.24) is 0 Å². The summed E-state index contributed by atoms with van der Waals surface area (Å²) < 4.78 is 16.4. The molecule has 0 saturated heterocycles. The first-order chi connectivity index (χ1) is 16.0. The van der Waals surface area contributed by atoms with Gasteiger partial charge in [0, 0.05) is 11.8 Å². The first-order valence-corrected chi connectivity index (χ1v) is 10.6. The Morgan fingerprint density at radius 1 is 0.848 bits per heavy atom. The number of rotatable bonds is 5. The van der Waals surface area contributed by atoms with Gasteiger partial charge in [-0.2, -0.15) is 0 Å². The second kappa shape index (κ2) is 8.35. The van der Waals surface area contributed by atoms with Gasteiger partial charge in [-0.3, -0.25) is 9.59 Å². The average molecular weight is 442 g/mol. The zero-order chi connectivity index (χ0) is 22.9. The summed E-state index contributed by atoms with van der Waals surface area (Å²) in [5.41, 5.74) is 3.33. The van der Waals surface area contributed by atoms with Crippen molar-refractivity contribution >= 4 is 28.8 Å². The van der Waals surface area contributed by atoms with Crippen molar-refractivity contribution in [1.29, 1.82) is 0 Å². The second-order valence-electron chi connectivity index (χ2n) is 7.74. The van der Waals surface area contributed by atoms with E-state index in [4.69, 9.17) is 14.2 Å². The van der Waals surface area contributed by atoms with Gasteiger partial charge in [-0.15, -0.1) is 0 Å². The van der Waals surface area contributed by atoms with E-state index in [-0.39, 0.29) is 5.70 Å². The third kappa shape index (κ3) is 3.78. The Kier molecular flexibility index (Phi) is 5.22. The number of nitrogens with zero attached hydrogens (tertiary/aromatic N) is 1. The molecule has 0 spiro atoms. The van der Waals surface area contributed by atoms with Crippen LogP contribution in [0.3, 0.4) is 0 Å². The van der Waals surface area contributed by atoms with Crippen molar-refractivity contribution in [2.24, 2.45) is 0 Å². The minimum atomic E-state index is -0.435. The number of hydrogen-bond donors (Lipinski definition) is 1. The number of ether oxygens (including phenoxy) is 3. The zero-order valence-electron chi connectivity index (χ0n) is 18.3. The molecule has 3 aromatic carbocycles. The number of hydrogen-bond acceptors (Lipinski definition) is 6. The smallest absolute Gasteiger partial charge is 0.282 e. The number of methoxy groups -OCH3 is 1. The normalized spacial score (nSPS) is 15.2. The Hall–Kier alpha value is -4.26. The molecule has 0 atom stereocenters. The fourth-order valence-corrected chi connectivity index (χ4v) is 3.86. The number of benzene rings is 3. The molecule has 0 fully saturated rings. The van der Waals surface area contributed by atoms with Crippen LogP contribution in [0.1, 0.15) is 11.1 Å². The zero-order valence-corrected chi connectivity index (χ0v) is 18.3. The summed E-state index contributed by atoms with van der Waals surface area (Å²) in [5, 5.41) is 3.16. The minimum absolute atomic E-state index is 0.205. The fourth-order valence-electron chi connectivity index (χ4n) is 3.86. The van der Waals surface area contributed by atoms with Crippen molar-refractivity contribution in [2.75, 3.05) is 30.5 Å². The quantitative estimate of drug-likeness (QED) is 0.598. The van der Waals surface area contributed by atoms with Crippen LogP contribution in [-0.2, 0) is 9.59 Å². The van der Waals surface area contributed by atoms with Crippen molar-refractivity contribution in [2.45, 2.75) is 6.92 Å². The number of carbonyl (C=O) groups excluding carboxylic acids is 2. The lowest BCUT2D eigenvalue weighted by Gasteiger charge is -2.19. The van der Waals surface area contributed by atoms with Crippen LogP contribution < -0.4 is 24.4 Å². The van der Waals surface area contributed by atoms with E-state index in [1.807, 2.05) is 31.2 Å². The van der Waals surface area contributed by atoms with Crippen molar-refractivity contribution in [3.63, 3.8) is 0 Å². The van der Waals surface area contributed by atoms with E-state index in [0.717, 1.165) is 5.56 Å². The Labute approximate surface area is 191 Å². The number of nitrogens with one attached hydrogen (secondary N) is 1.